The van der Waals surface area contributed by atoms with Gasteiger partial charge in [-0.05, 0) is 84.4 Å². The van der Waals surface area contributed by atoms with E-state index in [0.717, 1.165) is 22.3 Å². The van der Waals surface area contributed by atoms with Crippen LogP contribution in [0.15, 0.2) is 41.3 Å². The summed E-state index contributed by atoms with van der Waals surface area (Å²) in [5.41, 5.74) is 3.79. The molecule has 1 aliphatic heterocycles. The van der Waals surface area contributed by atoms with Crippen molar-refractivity contribution in [3.8, 4) is 17.2 Å². The first-order chi connectivity index (χ1) is 20.5. The van der Waals surface area contributed by atoms with E-state index in [1.165, 1.54) is 6.92 Å². The van der Waals surface area contributed by atoms with Gasteiger partial charge in [0.25, 0.3) is 0 Å². The first-order valence-electron chi connectivity index (χ1n) is 13.9. The van der Waals surface area contributed by atoms with Gasteiger partial charge in [-0.25, -0.2) is 15.0 Å². The van der Waals surface area contributed by atoms with E-state index >= 15 is 0 Å². The van der Waals surface area contributed by atoms with Crippen LogP contribution in [0, 0.1) is 37.5 Å². The third kappa shape index (κ3) is 5.07. The Hall–Kier alpha value is -4.50. The van der Waals surface area contributed by atoms with E-state index in [2.05, 4.69) is 47.4 Å². The van der Waals surface area contributed by atoms with Gasteiger partial charge in [-0.1, -0.05) is 6.07 Å². The normalized spacial score (nSPS) is 20.5. The quantitative estimate of drug-likeness (QED) is 0.226. The monoisotopic (exact) mass is 640 g/mol. The SMILES string of the molecule is CC(=O)c1nn(CC(=O)N2[C@H](C(=O)Nc3nc(Br)ccc3C)C[C@@]3(CC#N)C[C@@H]23)c2c(C)cc(-c3cnc(C)nc3)cc12. The van der Waals surface area contributed by atoms with Crippen LogP contribution in [0.5, 0.6) is 0 Å². The van der Waals surface area contributed by atoms with Crippen molar-refractivity contribution in [2.45, 2.75) is 65.6 Å². The van der Waals surface area contributed by atoms with Gasteiger partial charge in [0.2, 0.25) is 11.8 Å². The number of carbonyl (C=O) groups is 3. The highest BCUT2D eigenvalue weighted by molar-refractivity contribution is 9.10. The van der Waals surface area contributed by atoms with Crippen LogP contribution >= 0.6 is 15.9 Å². The van der Waals surface area contributed by atoms with Crippen molar-refractivity contribution in [3.05, 3.63) is 63.9 Å². The Bertz CT molecular complexity index is 1860. The number of nitrogens with zero attached hydrogens (tertiary/aromatic N) is 7. The zero-order valence-corrected chi connectivity index (χ0v) is 25.8. The number of likely N-dealkylation sites (tertiary alicyclic amines) is 1. The van der Waals surface area contributed by atoms with Gasteiger partial charge in [0.15, 0.2) is 5.78 Å². The second kappa shape index (κ2) is 10.6. The number of halogens is 1. The standard InChI is InChI=1S/C31H29BrN8O3/c1-16-5-6-25(32)36-29(16)37-30(43)23-11-31(7-8-33)12-24(31)40(23)26(42)15-39-28-17(2)9-20(21-13-34-19(4)35-14-21)10-22(28)27(38-39)18(3)41/h5-6,9-10,13-14,23-24H,7,11-12,15H2,1-4H3,(H,36,37,43)/t23-,24+,31-/m0/s1. The number of aromatic nitrogens is 5. The number of rotatable bonds is 7. The van der Waals surface area contributed by atoms with Gasteiger partial charge >= 0.3 is 0 Å². The molecular formula is C31H29BrN8O3. The van der Waals surface area contributed by atoms with E-state index in [1.807, 2.05) is 39.0 Å². The third-order valence-electron chi connectivity index (χ3n) is 8.51. The molecule has 0 unspecified atom stereocenters. The lowest BCUT2D eigenvalue weighted by Crippen LogP contribution is -2.47. The summed E-state index contributed by atoms with van der Waals surface area (Å²) in [7, 11) is 0. The zero-order chi connectivity index (χ0) is 30.6. The first-order valence-corrected chi connectivity index (χ1v) is 14.7. The van der Waals surface area contributed by atoms with Crippen molar-refractivity contribution in [2.24, 2.45) is 5.41 Å². The maximum atomic E-state index is 14.0. The number of benzene rings is 1. The smallest absolute Gasteiger partial charge is 0.248 e. The molecule has 0 bridgehead atoms. The molecule has 6 rings (SSSR count). The van der Waals surface area contributed by atoms with Gasteiger partial charge in [0, 0.05) is 48.1 Å². The molecule has 2 fully saturated rings. The number of nitriles is 1. The Morgan fingerprint density at radius 3 is 2.53 bits per heavy atom. The number of aryl methyl sites for hydroxylation is 3. The summed E-state index contributed by atoms with van der Waals surface area (Å²) < 4.78 is 2.14. The first kappa shape index (κ1) is 28.6. The second-order valence-electron chi connectivity index (χ2n) is 11.5. The zero-order valence-electron chi connectivity index (χ0n) is 24.2. The highest BCUT2D eigenvalue weighted by atomic mass is 79.9. The number of pyridine rings is 1. The van der Waals surface area contributed by atoms with Gasteiger partial charge in [-0.2, -0.15) is 10.4 Å². The average Bonchev–Trinajstić information content (AvgIpc) is 3.35. The third-order valence-corrected chi connectivity index (χ3v) is 8.95. The highest BCUT2D eigenvalue weighted by Gasteiger charge is 2.67. The summed E-state index contributed by atoms with van der Waals surface area (Å²) >= 11 is 3.34. The van der Waals surface area contributed by atoms with Crippen LogP contribution in [0.3, 0.4) is 0 Å². The fourth-order valence-corrected chi connectivity index (χ4v) is 6.59. The number of anilines is 1. The largest absolute Gasteiger partial charge is 0.325 e. The van der Waals surface area contributed by atoms with E-state index in [4.69, 9.17) is 0 Å². The van der Waals surface area contributed by atoms with Crippen molar-refractivity contribution in [2.75, 3.05) is 5.32 Å². The molecule has 1 aliphatic carbocycles. The van der Waals surface area contributed by atoms with Crippen molar-refractivity contribution >= 4 is 50.2 Å². The lowest BCUT2D eigenvalue weighted by Gasteiger charge is -2.27. The van der Waals surface area contributed by atoms with Crippen molar-refractivity contribution in [1.82, 2.24) is 29.6 Å². The minimum atomic E-state index is -0.761. The number of hydrogen-bond donors (Lipinski definition) is 1. The Morgan fingerprint density at radius 2 is 1.84 bits per heavy atom. The summed E-state index contributed by atoms with van der Waals surface area (Å²) in [5.74, 6) is 0.206. The maximum absolute atomic E-state index is 14.0. The molecule has 3 aromatic heterocycles. The molecule has 1 saturated heterocycles. The molecule has 0 spiro atoms. The number of hydrogen-bond acceptors (Lipinski definition) is 8. The molecule has 218 valence electrons. The molecule has 12 heteroatoms. The van der Waals surface area contributed by atoms with Crippen LogP contribution in [-0.4, -0.2) is 59.3 Å². The van der Waals surface area contributed by atoms with Gasteiger partial charge in [-0.15, -0.1) is 0 Å². The molecule has 1 N–H and O–H groups in total. The lowest BCUT2D eigenvalue weighted by molar-refractivity contribution is -0.138. The fourth-order valence-electron chi connectivity index (χ4n) is 6.28. The minimum Gasteiger partial charge on any atom is -0.325 e. The molecule has 3 atom stereocenters. The van der Waals surface area contributed by atoms with Crippen LogP contribution in [0.4, 0.5) is 5.82 Å². The van der Waals surface area contributed by atoms with Crippen LogP contribution in [0.1, 0.15) is 53.6 Å². The Morgan fingerprint density at radius 1 is 1.09 bits per heavy atom. The van der Waals surface area contributed by atoms with Gasteiger partial charge in [0.1, 0.15) is 34.5 Å². The van der Waals surface area contributed by atoms with Crippen LogP contribution in [0.25, 0.3) is 22.0 Å². The van der Waals surface area contributed by atoms with Crippen LogP contribution in [0.2, 0.25) is 0 Å². The van der Waals surface area contributed by atoms with Crippen molar-refractivity contribution in [3.63, 3.8) is 0 Å². The van der Waals surface area contributed by atoms with Gasteiger partial charge in [-0.3, -0.25) is 19.1 Å². The fraction of sp³-hybridized carbons (Fsp3) is 0.355. The number of piperidine rings is 1. The molecule has 1 saturated carbocycles. The molecule has 0 radical (unpaired) electrons. The van der Waals surface area contributed by atoms with E-state index in [-0.39, 0.29) is 42.3 Å². The Balaban J connectivity index is 1.34. The molecule has 11 nitrogen and oxygen atoms in total. The molecule has 1 aromatic carbocycles. The minimum absolute atomic E-state index is 0.158. The van der Waals surface area contributed by atoms with Gasteiger partial charge < -0.3 is 10.2 Å². The number of amides is 2. The van der Waals surface area contributed by atoms with E-state index in [0.29, 0.717) is 40.0 Å². The van der Waals surface area contributed by atoms with Gasteiger partial charge in [0.05, 0.1) is 11.6 Å². The van der Waals surface area contributed by atoms with Crippen LogP contribution < -0.4 is 5.32 Å². The van der Waals surface area contributed by atoms with Crippen molar-refractivity contribution in [1.29, 1.82) is 5.26 Å². The highest BCUT2D eigenvalue weighted by Crippen LogP contribution is 2.61. The number of carbonyl (C=O) groups excluding carboxylic acids is 3. The average molecular weight is 642 g/mol. The molecule has 4 heterocycles. The predicted octanol–water partition coefficient (Wildman–Crippen LogP) is 4.69. The summed E-state index contributed by atoms with van der Waals surface area (Å²) in [6.07, 6.45) is 4.80. The molecule has 2 amide bonds. The van der Waals surface area contributed by atoms with E-state index in [9.17, 15) is 19.6 Å². The predicted molar refractivity (Wildman–Crippen MR) is 162 cm³/mol. The Labute approximate surface area is 256 Å². The number of fused-ring (bicyclic) bond motifs is 2. The summed E-state index contributed by atoms with van der Waals surface area (Å²) in [4.78, 5) is 54.9. The topological polar surface area (TPSA) is 147 Å². The molecular weight excluding hydrogens is 612 g/mol. The Kier molecular flexibility index (Phi) is 7.08. The number of Topliss-reactive ketones (excluding diaryl/α,β-unsaturated/α-hetero) is 1. The summed E-state index contributed by atoms with van der Waals surface area (Å²) in [6, 6.07) is 8.73. The molecule has 2 aliphatic rings. The molecule has 43 heavy (non-hydrogen) atoms. The number of nitrogens with one attached hydrogen (secondary N) is 1. The summed E-state index contributed by atoms with van der Waals surface area (Å²) in [5, 5.41) is 17.6. The number of ketones is 1. The second-order valence-corrected chi connectivity index (χ2v) is 12.3. The van der Waals surface area contributed by atoms with Crippen LogP contribution in [-0.2, 0) is 16.1 Å². The maximum Gasteiger partial charge on any atom is 0.248 e. The van der Waals surface area contributed by atoms with E-state index < -0.39 is 11.5 Å². The summed E-state index contributed by atoms with van der Waals surface area (Å²) in [6.45, 7) is 6.85. The lowest BCUT2D eigenvalue weighted by atomic mass is 9.96. The van der Waals surface area contributed by atoms with Crippen molar-refractivity contribution < 1.29 is 14.4 Å². The van der Waals surface area contributed by atoms with E-state index in [1.54, 1.807) is 28.0 Å². The molecule has 4 aromatic rings.